The van der Waals surface area contributed by atoms with Gasteiger partial charge in [0.15, 0.2) is 0 Å². The van der Waals surface area contributed by atoms with Crippen LogP contribution in [0.15, 0.2) is 48.5 Å². The second kappa shape index (κ2) is 18.9. The van der Waals surface area contributed by atoms with Gasteiger partial charge in [0.25, 0.3) is 0 Å². The van der Waals surface area contributed by atoms with E-state index in [-0.39, 0.29) is 29.9 Å². The SMILES string of the molecule is O=C(CCCC[C@@H]1SC[C@@H]2NC(=O)N[C@@H]21)NCCCOCCOCCOCCCNC(=O)OCC1c2ccccc2-c2ccccc21. The summed E-state index contributed by atoms with van der Waals surface area (Å²) in [6.07, 6.45) is 4.42. The van der Waals surface area contributed by atoms with Crippen LogP contribution in [0.25, 0.3) is 11.1 Å². The second-order valence-electron chi connectivity index (χ2n) is 12.0. The van der Waals surface area contributed by atoms with E-state index in [4.69, 9.17) is 18.9 Å². The van der Waals surface area contributed by atoms with Crippen LogP contribution in [0.5, 0.6) is 0 Å². The minimum absolute atomic E-state index is 0.0497. The standard InChI is InChI=1S/C35H48N4O7S/c40-32(14-6-5-13-31-33-30(24-47-31)38-34(41)39-33)36-15-7-17-43-19-21-45-22-20-44-18-8-16-37-35(42)46-23-29-27-11-3-1-9-25(27)26-10-2-4-12-28(26)29/h1-4,9-12,29-31,33H,5-8,13-24H2,(H,36,40)(H,37,42)(H2,38,39,41)/t30-,31-,33-/m0/s1. The van der Waals surface area contributed by atoms with Crippen molar-refractivity contribution in [1.82, 2.24) is 21.3 Å². The summed E-state index contributed by atoms with van der Waals surface area (Å²) in [6.45, 7) is 4.41. The van der Waals surface area contributed by atoms with Gasteiger partial charge in [-0.2, -0.15) is 11.8 Å². The number of rotatable bonds is 21. The van der Waals surface area contributed by atoms with Crippen LogP contribution in [0.4, 0.5) is 9.59 Å². The zero-order valence-corrected chi connectivity index (χ0v) is 27.8. The molecule has 0 saturated carbocycles. The summed E-state index contributed by atoms with van der Waals surface area (Å²) in [6, 6.07) is 17.0. The van der Waals surface area contributed by atoms with Crippen LogP contribution >= 0.6 is 11.8 Å². The highest BCUT2D eigenvalue weighted by Gasteiger charge is 2.42. The molecule has 2 aromatic rings. The molecule has 1 aliphatic carbocycles. The van der Waals surface area contributed by atoms with Crippen molar-refractivity contribution < 1.29 is 33.3 Å². The van der Waals surface area contributed by atoms with Crippen molar-refractivity contribution in [2.45, 2.75) is 61.8 Å². The molecule has 5 rings (SSSR count). The molecular weight excluding hydrogens is 620 g/mol. The third kappa shape index (κ3) is 10.6. The Kier molecular flexibility index (Phi) is 14.1. The van der Waals surface area contributed by atoms with Crippen LogP contribution < -0.4 is 21.3 Å². The van der Waals surface area contributed by atoms with Crippen molar-refractivity contribution in [1.29, 1.82) is 0 Å². The molecule has 4 amide bonds. The molecule has 3 aliphatic rings. The molecule has 0 spiro atoms. The quantitative estimate of drug-likeness (QED) is 0.115. The first-order chi connectivity index (χ1) is 23.1. The first-order valence-corrected chi connectivity index (χ1v) is 17.9. The molecule has 4 N–H and O–H groups in total. The molecule has 11 nitrogen and oxygen atoms in total. The fraction of sp³-hybridized carbons (Fsp3) is 0.571. The van der Waals surface area contributed by atoms with Crippen molar-refractivity contribution >= 4 is 29.8 Å². The zero-order chi connectivity index (χ0) is 32.7. The van der Waals surface area contributed by atoms with Gasteiger partial charge in [-0.25, -0.2) is 9.59 Å². The molecule has 256 valence electrons. The van der Waals surface area contributed by atoms with E-state index >= 15 is 0 Å². The molecule has 0 aromatic heterocycles. The predicted octanol–water partition coefficient (Wildman–Crippen LogP) is 4.20. The van der Waals surface area contributed by atoms with E-state index in [0.717, 1.165) is 31.4 Å². The lowest BCUT2D eigenvalue weighted by molar-refractivity contribution is -0.121. The summed E-state index contributed by atoms with van der Waals surface area (Å²) in [5, 5.41) is 12.2. The Bertz CT molecular complexity index is 1270. The van der Waals surface area contributed by atoms with E-state index in [1.165, 1.54) is 22.3 Å². The fourth-order valence-electron chi connectivity index (χ4n) is 6.32. The summed E-state index contributed by atoms with van der Waals surface area (Å²) in [5.41, 5.74) is 4.81. The van der Waals surface area contributed by atoms with E-state index in [1.807, 2.05) is 36.0 Å². The minimum Gasteiger partial charge on any atom is -0.449 e. The lowest BCUT2D eigenvalue weighted by Crippen LogP contribution is -2.36. The average Bonchev–Trinajstić information content (AvgIpc) is 3.74. The molecular formula is C35H48N4O7S. The van der Waals surface area contributed by atoms with E-state index in [9.17, 15) is 14.4 Å². The fourth-order valence-corrected chi connectivity index (χ4v) is 7.86. The molecule has 2 fully saturated rings. The van der Waals surface area contributed by atoms with Crippen LogP contribution in [0.3, 0.4) is 0 Å². The number of fused-ring (bicyclic) bond motifs is 4. The predicted molar refractivity (Wildman–Crippen MR) is 182 cm³/mol. The van der Waals surface area contributed by atoms with Crippen molar-refractivity contribution in [3.8, 4) is 11.1 Å². The molecule has 2 heterocycles. The summed E-state index contributed by atoms with van der Waals surface area (Å²) < 4.78 is 22.3. The number of carbonyl (C=O) groups is 3. The van der Waals surface area contributed by atoms with Crippen LogP contribution in [-0.4, -0.2) is 100 Å². The van der Waals surface area contributed by atoms with Crippen molar-refractivity contribution in [3.05, 3.63) is 59.7 Å². The van der Waals surface area contributed by atoms with Gasteiger partial charge in [0, 0.05) is 49.6 Å². The maximum atomic E-state index is 12.3. The second-order valence-corrected chi connectivity index (χ2v) is 13.3. The first kappa shape index (κ1) is 35.0. The topological polar surface area (TPSA) is 136 Å². The Balaban J connectivity index is 0.765. The Morgan fingerprint density at radius 3 is 2.06 bits per heavy atom. The number of ether oxygens (including phenoxy) is 4. The third-order valence-corrected chi connectivity index (χ3v) is 10.2. The van der Waals surface area contributed by atoms with Gasteiger partial charge in [-0.3, -0.25) is 4.79 Å². The van der Waals surface area contributed by atoms with E-state index in [1.54, 1.807) is 0 Å². The van der Waals surface area contributed by atoms with Crippen molar-refractivity contribution in [3.63, 3.8) is 0 Å². The molecule has 0 radical (unpaired) electrons. The highest BCUT2D eigenvalue weighted by molar-refractivity contribution is 8.00. The van der Waals surface area contributed by atoms with Gasteiger partial charge in [0.2, 0.25) is 5.91 Å². The number of carbonyl (C=O) groups excluding carboxylic acids is 3. The largest absolute Gasteiger partial charge is 0.449 e. The highest BCUT2D eigenvalue weighted by atomic mass is 32.2. The van der Waals surface area contributed by atoms with Crippen LogP contribution in [0, 0.1) is 0 Å². The van der Waals surface area contributed by atoms with E-state index < -0.39 is 6.09 Å². The van der Waals surface area contributed by atoms with Crippen molar-refractivity contribution in [2.24, 2.45) is 0 Å². The number of amides is 4. The summed E-state index contributed by atoms with van der Waals surface area (Å²) in [5.74, 6) is 1.09. The highest BCUT2D eigenvalue weighted by Crippen LogP contribution is 2.44. The minimum atomic E-state index is -0.416. The van der Waals surface area contributed by atoms with Crippen molar-refractivity contribution in [2.75, 3.05) is 65.1 Å². The summed E-state index contributed by atoms with van der Waals surface area (Å²) in [7, 11) is 0. The number of alkyl carbamates (subject to hydrolysis) is 1. The van der Waals surface area contributed by atoms with E-state index in [2.05, 4.69) is 45.5 Å². The van der Waals surface area contributed by atoms with Crippen LogP contribution in [0.2, 0.25) is 0 Å². The van der Waals surface area contributed by atoms with Gasteiger partial charge in [-0.1, -0.05) is 55.0 Å². The van der Waals surface area contributed by atoms with Gasteiger partial charge in [0.1, 0.15) is 6.61 Å². The van der Waals surface area contributed by atoms with E-state index in [0.29, 0.717) is 77.4 Å². The number of unbranched alkanes of at least 4 members (excludes halogenated alkanes) is 1. The molecule has 0 bridgehead atoms. The van der Waals surface area contributed by atoms with Crippen LogP contribution in [-0.2, 0) is 23.7 Å². The molecule has 0 unspecified atom stereocenters. The smallest absolute Gasteiger partial charge is 0.407 e. The Morgan fingerprint density at radius 2 is 1.38 bits per heavy atom. The monoisotopic (exact) mass is 668 g/mol. The Labute approximate surface area is 281 Å². The first-order valence-electron chi connectivity index (χ1n) is 16.9. The summed E-state index contributed by atoms with van der Waals surface area (Å²) in [4.78, 5) is 35.8. The molecule has 3 atom stereocenters. The van der Waals surface area contributed by atoms with Gasteiger partial charge >= 0.3 is 12.1 Å². The van der Waals surface area contributed by atoms with Gasteiger partial charge < -0.3 is 40.2 Å². The van der Waals surface area contributed by atoms with Gasteiger partial charge in [-0.05, 0) is 47.9 Å². The summed E-state index contributed by atoms with van der Waals surface area (Å²) >= 11 is 1.91. The molecule has 47 heavy (non-hydrogen) atoms. The number of urea groups is 1. The normalized spacial score (nSPS) is 19.4. The van der Waals surface area contributed by atoms with Gasteiger partial charge in [0.05, 0.1) is 38.5 Å². The number of nitrogens with one attached hydrogen (secondary N) is 4. The number of hydrogen-bond acceptors (Lipinski definition) is 8. The number of benzene rings is 2. The lowest BCUT2D eigenvalue weighted by Gasteiger charge is -2.16. The van der Waals surface area contributed by atoms with Crippen LogP contribution in [0.1, 0.15) is 55.6 Å². The zero-order valence-electron chi connectivity index (χ0n) is 27.0. The van der Waals surface area contributed by atoms with Gasteiger partial charge in [-0.15, -0.1) is 0 Å². The average molecular weight is 669 g/mol. The third-order valence-electron chi connectivity index (χ3n) is 8.69. The Hall–Kier alpha value is -3.32. The maximum Gasteiger partial charge on any atom is 0.407 e. The Morgan fingerprint density at radius 1 is 0.766 bits per heavy atom. The molecule has 12 heteroatoms. The maximum absolute atomic E-state index is 12.3. The molecule has 2 aromatic carbocycles. The molecule has 2 saturated heterocycles. The number of thioether (sulfide) groups is 1. The number of hydrogen-bond donors (Lipinski definition) is 4. The lowest BCUT2D eigenvalue weighted by atomic mass is 9.98. The molecule has 2 aliphatic heterocycles.